The van der Waals surface area contributed by atoms with E-state index in [2.05, 4.69) is 42.0 Å². The zero-order valence-corrected chi connectivity index (χ0v) is 11.9. The van der Waals surface area contributed by atoms with Crippen molar-refractivity contribution in [1.29, 1.82) is 0 Å². The summed E-state index contributed by atoms with van der Waals surface area (Å²) >= 11 is 0. The molecule has 0 bridgehead atoms. The minimum Gasteiger partial charge on any atom is -0.359 e. The van der Waals surface area contributed by atoms with E-state index in [4.69, 9.17) is 4.74 Å². The monoisotopic (exact) mass is 256 g/mol. The molecule has 0 radical (unpaired) electrons. The molecule has 0 saturated carbocycles. The molecular formula is C13H28N4O. The van der Waals surface area contributed by atoms with Crippen LogP contribution in [-0.2, 0) is 4.74 Å². The van der Waals surface area contributed by atoms with Crippen LogP contribution in [0.25, 0.3) is 0 Å². The van der Waals surface area contributed by atoms with E-state index in [1.807, 2.05) is 0 Å². The molecule has 4 N–H and O–H groups in total. The van der Waals surface area contributed by atoms with Crippen LogP contribution in [0, 0.1) is 5.41 Å². The standard InChI is InChI=1S/C13H28N4O/c1-13(2,3)10-7-17-12(8-16-10)18-9-11-14-5-4-6-15-11/h10-12,14-17H,4-9H2,1-3H3. The van der Waals surface area contributed by atoms with Gasteiger partial charge in [0.25, 0.3) is 0 Å². The van der Waals surface area contributed by atoms with Crippen LogP contribution >= 0.6 is 0 Å². The smallest absolute Gasteiger partial charge is 0.120 e. The van der Waals surface area contributed by atoms with Crippen LogP contribution in [0.15, 0.2) is 0 Å². The van der Waals surface area contributed by atoms with Crippen molar-refractivity contribution in [1.82, 2.24) is 21.3 Å². The lowest BCUT2D eigenvalue weighted by atomic mass is 9.86. The third-order valence-corrected chi connectivity index (χ3v) is 3.74. The Morgan fingerprint density at radius 1 is 1.00 bits per heavy atom. The maximum Gasteiger partial charge on any atom is 0.120 e. The van der Waals surface area contributed by atoms with Crippen molar-refractivity contribution < 1.29 is 4.74 Å². The summed E-state index contributed by atoms with van der Waals surface area (Å²) in [4.78, 5) is 0. The van der Waals surface area contributed by atoms with Gasteiger partial charge in [-0.25, -0.2) is 0 Å². The lowest BCUT2D eigenvalue weighted by Crippen LogP contribution is -2.60. The van der Waals surface area contributed by atoms with Crippen LogP contribution in [0.5, 0.6) is 0 Å². The molecule has 2 unspecified atom stereocenters. The van der Waals surface area contributed by atoms with Gasteiger partial charge in [-0.15, -0.1) is 0 Å². The number of nitrogens with one attached hydrogen (secondary N) is 4. The van der Waals surface area contributed by atoms with Gasteiger partial charge in [0.2, 0.25) is 0 Å². The number of rotatable bonds is 3. The summed E-state index contributed by atoms with van der Waals surface area (Å²) in [6, 6.07) is 0.517. The Morgan fingerprint density at radius 2 is 1.72 bits per heavy atom. The van der Waals surface area contributed by atoms with Gasteiger partial charge in [-0.2, -0.15) is 0 Å². The second-order valence-corrected chi connectivity index (χ2v) is 6.37. The molecule has 18 heavy (non-hydrogen) atoms. The predicted molar refractivity (Wildman–Crippen MR) is 73.4 cm³/mol. The van der Waals surface area contributed by atoms with Crippen molar-refractivity contribution in [2.45, 2.75) is 45.6 Å². The molecule has 0 spiro atoms. The van der Waals surface area contributed by atoms with E-state index in [1.54, 1.807) is 0 Å². The fourth-order valence-corrected chi connectivity index (χ4v) is 2.42. The summed E-state index contributed by atoms with van der Waals surface area (Å²) < 4.78 is 5.88. The van der Waals surface area contributed by atoms with Crippen LogP contribution in [0.3, 0.4) is 0 Å². The van der Waals surface area contributed by atoms with Crippen LogP contribution < -0.4 is 21.3 Å². The Labute approximate surface area is 110 Å². The normalized spacial score (nSPS) is 31.5. The quantitative estimate of drug-likeness (QED) is 0.566. The predicted octanol–water partition coefficient (Wildman–Crippen LogP) is -0.154. The summed E-state index contributed by atoms with van der Waals surface area (Å²) in [5, 5.41) is 13.9. The third-order valence-electron chi connectivity index (χ3n) is 3.74. The zero-order valence-electron chi connectivity index (χ0n) is 11.9. The minimum atomic E-state index is 0.133. The molecule has 0 aliphatic carbocycles. The summed E-state index contributed by atoms with van der Waals surface area (Å²) in [6.45, 7) is 11.6. The highest BCUT2D eigenvalue weighted by Gasteiger charge is 2.29. The van der Waals surface area contributed by atoms with Gasteiger partial charge >= 0.3 is 0 Å². The average molecular weight is 256 g/mol. The Balaban J connectivity index is 1.64. The zero-order chi connectivity index (χ0) is 13.0. The molecule has 0 aromatic heterocycles. The summed E-state index contributed by atoms with van der Waals surface area (Å²) in [6.07, 6.45) is 1.64. The topological polar surface area (TPSA) is 57.4 Å². The molecule has 2 aliphatic rings. The van der Waals surface area contributed by atoms with Crippen molar-refractivity contribution in [3.05, 3.63) is 0 Å². The number of ether oxygens (including phenoxy) is 1. The Hall–Kier alpha value is -0.200. The van der Waals surface area contributed by atoms with Gasteiger partial charge in [0.05, 0.1) is 12.8 Å². The van der Waals surface area contributed by atoms with Gasteiger partial charge < -0.3 is 10.1 Å². The highest BCUT2D eigenvalue weighted by Crippen LogP contribution is 2.20. The van der Waals surface area contributed by atoms with E-state index in [0.717, 1.165) is 32.8 Å². The van der Waals surface area contributed by atoms with E-state index >= 15 is 0 Å². The van der Waals surface area contributed by atoms with Crippen molar-refractivity contribution in [3.63, 3.8) is 0 Å². The van der Waals surface area contributed by atoms with Crippen LogP contribution in [0.4, 0.5) is 0 Å². The molecule has 0 aromatic carbocycles. The Bertz CT molecular complexity index is 240. The van der Waals surface area contributed by atoms with Gasteiger partial charge in [-0.05, 0) is 24.9 Å². The third kappa shape index (κ3) is 4.17. The highest BCUT2D eigenvalue weighted by atomic mass is 16.5. The minimum absolute atomic E-state index is 0.133. The van der Waals surface area contributed by atoms with Gasteiger partial charge in [0, 0.05) is 19.1 Å². The molecule has 5 heteroatoms. The van der Waals surface area contributed by atoms with Crippen molar-refractivity contribution in [3.8, 4) is 0 Å². The molecule has 2 rings (SSSR count). The van der Waals surface area contributed by atoms with Gasteiger partial charge in [-0.3, -0.25) is 16.0 Å². The van der Waals surface area contributed by atoms with E-state index in [9.17, 15) is 0 Å². The molecule has 2 atom stereocenters. The maximum absolute atomic E-state index is 5.88. The van der Waals surface area contributed by atoms with Crippen molar-refractivity contribution in [2.75, 3.05) is 32.8 Å². The number of hydrogen-bond acceptors (Lipinski definition) is 5. The van der Waals surface area contributed by atoms with E-state index in [1.165, 1.54) is 6.42 Å². The molecule has 5 nitrogen and oxygen atoms in total. The second-order valence-electron chi connectivity index (χ2n) is 6.37. The van der Waals surface area contributed by atoms with Gasteiger partial charge in [0.15, 0.2) is 0 Å². The van der Waals surface area contributed by atoms with Crippen LogP contribution in [-0.4, -0.2) is 51.2 Å². The summed E-state index contributed by atoms with van der Waals surface area (Å²) in [7, 11) is 0. The Kier molecular flexibility index (Phi) is 4.98. The fraction of sp³-hybridized carbons (Fsp3) is 1.00. The summed E-state index contributed by atoms with van der Waals surface area (Å²) in [5.41, 5.74) is 0.296. The molecule has 0 amide bonds. The Morgan fingerprint density at radius 3 is 2.28 bits per heavy atom. The highest BCUT2D eigenvalue weighted by molar-refractivity contribution is 4.87. The molecule has 2 saturated heterocycles. The van der Waals surface area contributed by atoms with E-state index in [-0.39, 0.29) is 6.23 Å². The first-order chi connectivity index (χ1) is 8.55. The lowest BCUT2D eigenvalue weighted by molar-refractivity contribution is -0.0112. The molecular weight excluding hydrogens is 228 g/mol. The second kappa shape index (κ2) is 6.30. The first-order valence-electron chi connectivity index (χ1n) is 7.11. The van der Waals surface area contributed by atoms with Crippen LogP contribution in [0.2, 0.25) is 0 Å². The SMILES string of the molecule is CC(C)(C)C1CNC(OCC2NCCCN2)CN1. The number of piperazine rings is 1. The largest absolute Gasteiger partial charge is 0.359 e. The van der Waals surface area contributed by atoms with Crippen LogP contribution in [0.1, 0.15) is 27.2 Å². The van der Waals surface area contributed by atoms with E-state index in [0.29, 0.717) is 17.6 Å². The van der Waals surface area contributed by atoms with Crippen molar-refractivity contribution >= 4 is 0 Å². The first-order valence-corrected chi connectivity index (χ1v) is 7.11. The fourth-order valence-electron chi connectivity index (χ4n) is 2.42. The lowest BCUT2D eigenvalue weighted by Gasteiger charge is -2.39. The maximum atomic E-state index is 5.88. The molecule has 2 heterocycles. The molecule has 2 fully saturated rings. The first kappa shape index (κ1) is 14.2. The molecule has 0 aromatic rings. The summed E-state index contributed by atoms with van der Waals surface area (Å²) in [5.74, 6) is 0. The van der Waals surface area contributed by atoms with E-state index < -0.39 is 0 Å². The van der Waals surface area contributed by atoms with Crippen molar-refractivity contribution in [2.24, 2.45) is 5.41 Å². The van der Waals surface area contributed by atoms with Gasteiger partial charge in [-0.1, -0.05) is 20.8 Å². The van der Waals surface area contributed by atoms with Gasteiger partial charge in [0.1, 0.15) is 6.23 Å². The average Bonchev–Trinajstić information content (AvgIpc) is 2.37. The molecule has 106 valence electrons. The number of hydrogen-bond donors (Lipinski definition) is 4. The molecule has 2 aliphatic heterocycles.